The summed E-state index contributed by atoms with van der Waals surface area (Å²) < 4.78 is 18.7. The van der Waals surface area contributed by atoms with E-state index in [1.54, 1.807) is 12.1 Å². The first-order chi connectivity index (χ1) is 10.2. The average Bonchev–Trinajstić information content (AvgIpc) is 2.96. The highest BCUT2D eigenvalue weighted by Gasteiger charge is 2.22. The van der Waals surface area contributed by atoms with Crippen LogP contribution < -0.4 is 5.32 Å². The van der Waals surface area contributed by atoms with Crippen LogP contribution in [0.3, 0.4) is 0 Å². The van der Waals surface area contributed by atoms with Gasteiger partial charge in [-0.2, -0.15) is 0 Å². The van der Waals surface area contributed by atoms with Crippen LogP contribution in [0, 0.1) is 5.82 Å². The SMILES string of the molecule is OC1CCCCC1NCc1ccc(-c2ccc(F)cc2)o1. The van der Waals surface area contributed by atoms with Gasteiger partial charge in [0.15, 0.2) is 0 Å². The van der Waals surface area contributed by atoms with E-state index < -0.39 is 0 Å². The lowest BCUT2D eigenvalue weighted by molar-refractivity contribution is 0.0893. The highest BCUT2D eigenvalue weighted by Crippen LogP contribution is 2.23. The van der Waals surface area contributed by atoms with Crippen molar-refractivity contribution in [1.82, 2.24) is 5.32 Å². The zero-order chi connectivity index (χ0) is 14.7. The second-order valence-electron chi connectivity index (χ2n) is 5.61. The van der Waals surface area contributed by atoms with Crippen molar-refractivity contribution >= 4 is 0 Å². The molecule has 3 rings (SSSR count). The van der Waals surface area contributed by atoms with E-state index in [4.69, 9.17) is 4.42 Å². The van der Waals surface area contributed by atoms with E-state index in [9.17, 15) is 9.50 Å². The quantitative estimate of drug-likeness (QED) is 0.905. The predicted octanol–water partition coefficient (Wildman–Crippen LogP) is 3.48. The molecule has 1 aromatic heterocycles. The number of aliphatic hydroxyl groups is 1. The Balaban J connectivity index is 1.61. The third-order valence-electron chi connectivity index (χ3n) is 4.06. The van der Waals surface area contributed by atoms with Gasteiger partial charge in [0.05, 0.1) is 12.6 Å². The molecule has 2 N–H and O–H groups in total. The van der Waals surface area contributed by atoms with E-state index in [-0.39, 0.29) is 18.0 Å². The number of hydrogen-bond acceptors (Lipinski definition) is 3. The van der Waals surface area contributed by atoms with Gasteiger partial charge >= 0.3 is 0 Å². The molecule has 0 amide bonds. The van der Waals surface area contributed by atoms with Crippen molar-refractivity contribution in [3.05, 3.63) is 48.0 Å². The normalized spacial score (nSPS) is 22.4. The van der Waals surface area contributed by atoms with Crippen LogP contribution in [0.15, 0.2) is 40.8 Å². The Hall–Kier alpha value is -1.65. The molecule has 2 aromatic rings. The van der Waals surface area contributed by atoms with Crippen molar-refractivity contribution in [1.29, 1.82) is 0 Å². The number of aliphatic hydroxyl groups excluding tert-OH is 1. The van der Waals surface area contributed by atoms with Crippen LogP contribution in [0.1, 0.15) is 31.4 Å². The summed E-state index contributed by atoms with van der Waals surface area (Å²) in [7, 11) is 0. The molecular weight excluding hydrogens is 269 g/mol. The molecule has 2 atom stereocenters. The van der Waals surface area contributed by atoms with Gasteiger partial charge in [0.25, 0.3) is 0 Å². The number of nitrogens with one attached hydrogen (secondary N) is 1. The second kappa shape index (κ2) is 6.41. The smallest absolute Gasteiger partial charge is 0.134 e. The first-order valence-corrected chi connectivity index (χ1v) is 7.48. The summed E-state index contributed by atoms with van der Waals surface area (Å²) >= 11 is 0. The molecule has 0 saturated heterocycles. The third kappa shape index (κ3) is 3.52. The van der Waals surface area contributed by atoms with E-state index in [1.165, 1.54) is 12.1 Å². The monoisotopic (exact) mass is 289 g/mol. The van der Waals surface area contributed by atoms with Crippen LogP contribution in [-0.4, -0.2) is 17.3 Å². The van der Waals surface area contributed by atoms with Crippen LogP contribution in [0.2, 0.25) is 0 Å². The number of rotatable bonds is 4. The number of hydrogen-bond donors (Lipinski definition) is 2. The van der Waals surface area contributed by atoms with E-state index in [0.717, 1.165) is 42.8 Å². The maximum absolute atomic E-state index is 12.9. The maximum Gasteiger partial charge on any atom is 0.134 e. The molecule has 0 aliphatic heterocycles. The Morgan fingerprint density at radius 2 is 1.86 bits per heavy atom. The van der Waals surface area contributed by atoms with Gasteiger partial charge in [-0.3, -0.25) is 0 Å². The Kier molecular flexibility index (Phi) is 4.36. The minimum Gasteiger partial charge on any atom is -0.460 e. The Morgan fingerprint density at radius 3 is 2.62 bits per heavy atom. The summed E-state index contributed by atoms with van der Waals surface area (Å²) in [5, 5.41) is 13.3. The molecule has 1 heterocycles. The van der Waals surface area contributed by atoms with E-state index in [2.05, 4.69) is 5.32 Å². The molecule has 3 nitrogen and oxygen atoms in total. The van der Waals surface area contributed by atoms with E-state index in [1.807, 2.05) is 12.1 Å². The minimum absolute atomic E-state index is 0.151. The molecule has 2 unspecified atom stereocenters. The van der Waals surface area contributed by atoms with Crippen molar-refractivity contribution in [3.63, 3.8) is 0 Å². The molecule has 1 saturated carbocycles. The van der Waals surface area contributed by atoms with Gasteiger partial charge in [-0.25, -0.2) is 4.39 Å². The largest absolute Gasteiger partial charge is 0.460 e. The summed E-state index contributed by atoms with van der Waals surface area (Å²) in [6, 6.07) is 10.2. The van der Waals surface area contributed by atoms with Crippen LogP contribution in [0.4, 0.5) is 4.39 Å². The van der Waals surface area contributed by atoms with Crippen molar-refractivity contribution in [2.45, 2.75) is 44.4 Å². The summed E-state index contributed by atoms with van der Waals surface area (Å²) in [6.45, 7) is 0.600. The molecule has 0 radical (unpaired) electrons. The van der Waals surface area contributed by atoms with Gasteiger partial charge in [0.2, 0.25) is 0 Å². The highest BCUT2D eigenvalue weighted by atomic mass is 19.1. The van der Waals surface area contributed by atoms with E-state index in [0.29, 0.717) is 6.54 Å². The molecule has 0 spiro atoms. The summed E-state index contributed by atoms with van der Waals surface area (Å²) in [5.41, 5.74) is 0.861. The zero-order valence-electron chi connectivity index (χ0n) is 11.9. The fraction of sp³-hybridized carbons (Fsp3) is 0.412. The van der Waals surface area contributed by atoms with Gasteiger partial charge < -0.3 is 14.8 Å². The molecule has 1 aliphatic rings. The highest BCUT2D eigenvalue weighted by molar-refractivity contribution is 5.57. The van der Waals surface area contributed by atoms with Crippen molar-refractivity contribution in [2.75, 3.05) is 0 Å². The van der Waals surface area contributed by atoms with Crippen molar-refractivity contribution in [3.8, 4) is 11.3 Å². The Morgan fingerprint density at radius 1 is 1.10 bits per heavy atom. The van der Waals surface area contributed by atoms with E-state index >= 15 is 0 Å². The number of halogens is 1. The van der Waals surface area contributed by atoms with Gasteiger partial charge in [0, 0.05) is 11.6 Å². The molecule has 21 heavy (non-hydrogen) atoms. The Labute approximate surface area is 123 Å². The first kappa shape index (κ1) is 14.3. The third-order valence-corrected chi connectivity index (χ3v) is 4.06. The minimum atomic E-state index is -0.259. The van der Waals surface area contributed by atoms with Crippen LogP contribution >= 0.6 is 0 Å². The fourth-order valence-electron chi connectivity index (χ4n) is 2.82. The molecule has 112 valence electrons. The number of benzene rings is 1. The standard InChI is InChI=1S/C17H20FNO2/c18-13-7-5-12(6-8-13)17-10-9-14(21-17)11-19-15-3-1-2-4-16(15)20/h5-10,15-16,19-20H,1-4,11H2. The second-order valence-corrected chi connectivity index (χ2v) is 5.61. The summed E-state index contributed by atoms with van der Waals surface area (Å²) in [5.74, 6) is 1.31. The fourth-order valence-corrected chi connectivity index (χ4v) is 2.82. The first-order valence-electron chi connectivity index (χ1n) is 7.48. The molecule has 1 aliphatic carbocycles. The van der Waals surface area contributed by atoms with Gasteiger partial charge in [0.1, 0.15) is 17.3 Å². The zero-order valence-corrected chi connectivity index (χ0v) is 11.9. The van der Waals surface area contributed by atoms with Crippen molar-refractivity contribution in [2.24, 2.45) is 0 Å². The lowest BCUT2D eigenvalue weighted by Gasteiger charge is -2.28. The van der Waals surface area contributed by atoms with Crippen LogP contribution in [0.25, 0.3) is 11.3 Å². The van der Waals surface area contributed by atoms with Crippen LogP contribution in [0.5, 0.6) is 0 Å². The van der Waals surface area contributed by atoms with Gasteiger partial charge in [-0.1, -0.05) is 12.8 Å². The Bertz CT molecular complexity index is 579. The van der Waals surface area contributed by atoms with Gasteiger partial charge in [-0.15, -0.1) is 0 Å². The van der Waals surface area contributed by atoms with Crippen molar-refractivity contribution < 1.29 is 13.9 Å². The van der Waals surface area contributed by atoms with Crippen LogP contribution in [-0.2, 0) is 6.54 Å². The predicted molar refractivity (Wildman–Crippen MR) is 79.2 cm³/mol. The lowest BCUT2D eigenvalue weighted by Crippen LogP contribution is -2.41. The molecule has 4 heteroatoms. The maximum atomic E-state index is 12.9. The molecule has 1 aromatic carbocycles. The van der Waals surface area contributed by atoms with Gasteiger partial charge in [-0.05, 0) is 49.2 Å². The average molecular weight is 289 g/mol. The summed E-state index contributed by atoms with van der Waals surface area (Å²) in [6.07, 6.45) is 3.89. The molecule has 0 bridgehead atoms. The molecular formula is C17H20FNO2. The lowest BCUT2D eigenvalue weighted by atomic mass is 9.92. The summed E-state index contributed by atoms with van der Waals surface area (Å²) in [4.78, 5) is 0. The topological polar surface area (TPSA) is 45.4 Å². The molecule has 1 fully saturated rings. The number of furan rings is 1.